The highest BCUT2D eigenvalue weighted by molar-refractivity contribution is 7.99. The Labute approximate surface area is 175 Å². The highest BCUT2D eigenvalue weighted by Gasteiger charge is 2.16. The number of methoxy groups -OCH3 is 1. The molecule has 1 saturated heterocycles. The number of nitrogens with two attached hydrogens (primary N) is 2. The lowest BCUT2D eigenvalue weighted by Gasteiger charge is -2.32. The van der Waals surface area contributed by atoms with Crippen molar-refractivity contribution in [2.24, 2.45) is 0 Å². The Morgan fingerprint density at radius 3 is 2.48 bits per heavy atom. The monoisotopic (exact) mass is 416 g/mol. The standard InChI is InChI=1S/C20H28N6O2S/c1-28-17-6-3-2-5-15(17)13-16-18(21)23-20(24-19(16)22)29-12-4-7-25-8-10-26(14-27)11-9-25/h2-3,5-6,14H,4,7-13H2,1H3,(H4,21,22,23,24). The van der Waals surface area contributed by atoms with E-state index in [1.165, 1.54) is 0 Å². The van der Waals surface area contributed by atoms with Gasteiger partial charge in [-0.2, -0.15) is 0 Å². The number of nitrogen functional groups attached to an aromatic ring is 2. The topological polar surface area (TPSA) is 111 Å². The lowest BCUT2D eigenvalue weighted by molar-refractivity contribution is -0.119. The minimum Gasteiger partial charge on any atom is -0.496 e. The average Bonchev–Trinajstić information content (AvgIpc) is 2.74. The van der Waals surface area contributed by atoms with Gasteiger partial charge in [-0.05, 0) is 24.6 Å². The molecule has 0 spiro atoms. The fourth-order valence-electron chi connectivity index (χ4n) is 3.33. The van der Waals surface area contributed by atoms with Crippen molar-refractivity contribution in [3.05, 3.63) is 35.4 Å². The second kappa shape index (κ2) is 10.3. The number of benzene rings is 1. The fourth-order valence-corrected chi connectivity index (χ4v) is 4.11. The first-order chi connectivity index (χ1) is 14.1. The molecule has 0 bridgehead atoms. The molecule has 3 rings (SSSR count). The van der Waals surface area contributed by atoms with Gasteiger partial charge in [-0.3, -0.25) is 9.69 Å². The number of thioether (sulfide) groups is 1. The van der Waals surface area contributed by atoms with Gasteiger partial charge in [0.15, 0.2) is 5.16 Å². The summed E-state index contributed by atoms with van der Waals surface area (Å²) in [5.41, 5.74) is 14.1. The van der Waals surface area contributed by atoms with Crippen LogP contribution in [0.2, 0.25) is 0 Å². The van der Waals surface area contributed by atoms with Gasteiger partial charge in [-0.25, -0.2) is 9.97 Å². The normalized spacial score (nSPS) is 14.7. The number of carbonyl (C=O) groups excluding carboxylic acids is 1. The first kappa shape index (κ1) is 21.2. The number of anilines is 2. The minimum atomic E-state index is 0.413. The maximum absolute atomic E-state index is 10.8. The maximum atomic E-state index is 10.8. The summed E-state index contributed by atoms with van der Waals surface area (Å²) >= 11 is 1.56. The van der Waals surface area contributed by atoms with E-state index in [2.05, 4.69) is 14.9 Å². The van der Waals surface area contributed by atoms with Crippen molar-refractivity contribution >= 4 is 29.8 Å². The molecule has 29 heavy (non-hydrogen) atoms. The third kappa shape index (κ3) is 5.74. The van der Waals surface area contributed by atoms with Crippen LogP contribution in [-0.4, -0.2) is 71.8 Å². The molecule has 1 aromatic heterocycles. The molecule has 2 heterocycles. The van der Waals surface area contributed by atoms with E-state index in [-0.39, 0.29) is 0 Å². The number of para-hydroxylation sites is 1. The van der Waals surface area contributed by atoms with Gasteiger partial charge in [0, 0.05) is 43.9 Å². The molecule has 0 aliphatic carbocycles. The number of piperazine rings is 1. The van der Waals surface area contributed by atoms with Gasteiger partial charge < -0.3 is 21.1 Å². The number of amides is 1. The Bertz CT molecular complexity index is 803. The molecule has 1 aromatic carbocycles. The highest BCUT2D eigenvalue weighted by atomic mass is 32.2. The maximum Gasteiger partial charge on any atom is 0.209 e. The molecule has 1 fully saturated rings. The van der Waals surface area contributed by atoms with Crippen LogP contribution in [0.4, 0.5) is 11.6 Å². The number of nitrogens with zero attached hydrogens (tertiary/aromatic N) is 4. The average molecular weight is 417 g/mol. The summed E-state index contributed by atoms with van der Waals surface area (Å²) in [4.78, 5) is 23.8. The summed E-state index contributed by atoms with van der Waals surface area (Å²) in [6.45, 7) is 4.46. The molecule has 9 heteroatoms. The van der Waals surface area contributed by atoms with Crippen LogP contribution in [0.1, 0.15) is 17.5 Å². The number of aromatic nitrogens is 2. The van der Waals surface area contributed by atoms with Crippen molar-refractivity contribution in [1.82, 2.24) is 19.8 Å². The smallest absolute Gasteiger partial charge is 0.209 e. The second-order valence-electron chi connectivity index (χ2n) is 6.93. The predicted octanol–water partition coefficient (Wildman–Crippen LogP) is 1.50. The molecular weight excluding hydrogens is 388 g/mol. The molecule has 0 unspecified atom stereocenters. The van der Waals surface area contributed by atoms with E-state index in [0.29, 0.717) is 23.2 Å². The zero-order valence-corrected chi connectivity index (χ0v) is 17.5. The molecule has 8 nitrogen and oxygen atoms in total. The van der Waals surface area contributed by atoms with Crippen molar-refractivity contribution < 1.29 is 9.53 Å². The van der Waals surface area contributed by atoms with E-state index < -0.39 is 0 Å². The van der Waals surface area contributed by atoms with E-state index in [4.69, 9.17) is 16.2 Å². The third-order valence-corrected chi connectivity index (χ3v) is 5.95. The molecule has 0 saturated carbocycles. The van der Waals surface area contributed by atoms with Crippen LogP contribution in [0, 0.1) is 0 Å². The number of ether oxygens (including phenoxy) is 1. The lowest BCUT2D eigenvalue weighted by Crippen LogP contribution is -2.45. The van der Waals surface area contributed by atoms with Crippen molar-refractivity contribution in [2.75, 3.05) is 57.1 Å². The third-order valence-electron chi connectivity index (χ3n) is 5.02. The lowest BCUT2D eigenvalue weighted by atomic mass is 10.1. The van der Waals surface area contributed by atoms with E-state index in [0.717, 1.165) is 68.2 Å². The Kier molecular flexibility index (Phi) is 7.54. The van der Waals surface area contributed by atoms with Crippen LogP contribution in [0.15, 0.2) is 29.4 Å². The predicted molar refractivity (Wildman–Crippen MR) is 116 cm³/mol. The first-order valence-corrected chi connectivity index (χ1v) is 10.7. The zero-order chi connectivity index (χ0) is 20.6. The van der Waals surface area contributed by atoms with Gasteiger partial charge in [-0.1, -0.05) is 30.0 Å². The van der Waals surface area contributed by atoms with Crippen LogP contribution < -0.4 is 16.2 Å². The number of carbonyl (C=O) groups is 1. The summed E-state index contributed by atoms with van der Waals surface area (Å²) in [6.07, 6.45) is 2.47. The molecule has 1 aliphatic rings. The van der Waals surface area contributed by atoms with Crippen LogP contribution in [-0.2, 0) is 11.2 Å². The van der Waals surface area contributed by atoms with Crippen molar-refractivity contribution in [2.45, 2.75) is 18.0 Å². The molecule has 156 valence electrons. The van der Waals surface area contributed by atoms with Crippen molar-refractivity contribution in [3.8, 4) is 5.75 Å². The molecular formula is C20H28N6O2S. The van der Waals surface area contributed by atoms with Crippen molar-refractivity contribution in [3.63, 3.8) is 0 Å². The largest absolute Gasteiger partial charge is 0.496 e. The quantitative estimate of drug-likeness (QED) is 0.274. The zero-order valence-electron chi connectivity index (χ0n) is 16.7. The van der Waals surface area contributed by atoms with Crippen molar-refractivity contribution in [1.29, 1.82) is 0 Å². The van der Waals surface area contributed by atoms with Gasteiger partial charge in [0.2, 0.25) is 6.41 Å². The molecule has 1 amide bonds. The Morgan fingerprint density at radius 2 is 1.83 bits per heavy atom. The van der Waals surface area contributed by atoms with Crippen LogP contribution in [0.25, 0.3) is 0 Å². The fraction of sp³-hybridized carbons (Fsp3) is 0.450. The molecule has 0 atom stereocenters. The van der Waals surface area contributed by atoms with Crippen LogP contribution in [0.3, 0.4) is 0 Å². The molecule has 0 radical (unpaired) electrons. The summed E-state index contributed by atoms with van der Waals surface area (Å²) in [6, 6.07) is 7.77. The van der Waals surface area contributed by atoms with Crippen LogP contribution >= 0.6 is 11.8 Å². The second-order valence-corrected chi connectivity index (χ2v) is 7.99. The van der Waals surface area contributed by atoms with E-state index in [1.807, 2.05) is 29.2 Å². The number of hydrogen-bond acceptors (Lipinski definition) is 8. The summed E-state index contributed by atoms with van der Waals surface area (Å²) in [5, 5.41) is 0.606. The van der Waals surface area contributed by atoms with Gasteiger partial charge in [0.25, 0.3) is 0 Å². The molecule has 2 aromatic rings. The Morgan fingerprint density at radius 1 is 1.14 bits per heavy atom. The number of hydrogen-bond donors (Lipinski definition) is 2. The van der Waals surface area contributed by atoms with Gasteiger partial charge in [-0.15, -0.1) is 0 Å². The Balaban J connectivity index is 1.52. The minimum absolute atomic E-state index is 0.413. The van der Waals surface area contributed by atoms with E-state index in [1.54, 1.807) is 18.9 Å². The van der Waals surface area contributed by atoms with E-state index in [9.17, 15) is 4.79 Å². The Hall–Kier alpha value is -2.52. The van der Waals surface area contributed by atoms with Crippen LogP contribution in [0.5, 0.6) is 5.75 Å². The summed E-state index contributed by atoms with van der Waals surface area (Å²) < 4.78 is 5.40. The van der Waals surface area contributed by atoms with E-state index >= 15 is 0 Å². The van der Waals surface area contributed by atoms with Gasteiger partial charge in [0.1, 0.15) is 17.4 Å². The first-order valence-electron chi connectivity index (χ1n) is 9.69. The SMILES string of the molecule is COc1ccccc1Cc1c(N)nc(SCCCN2CCN(C=O)CC2)nc1N. The van der Waals surface area contributed by atoms with Gasteiger partial charge in [0.05, 0.1) is 7.11 Å². The molecule has 1 aliphatic heterocycles. The highest BCUT2D eigenvalue weighted by Crippen LogP contribution is 2.27. The summed E-state index contributed by atoms with van der Waals surface area (Å²) in [7, 11) is 1.64. The van der Waals surface area contributed by atoms with Gasteiger partial charge >= 0.3 is 0 Å². The number of rotatable bonds is 9. The molecule has 4 N–H and O–H groups in total. The summed E-state index contributed by atoms with van der Waals surface area (Å²) in [5.74, 6) is 2.50.